The van der Waals surface area contributed by atoms with Crippen LogP contribution in [0, 0.1) is 11.7 Å². The highest BCUT2D eigenvalue weighted by Crippen LogP contribution is 2.26. The van der Waals surface area contributed by atoms with Crippen LogP contribution < -0.4 is 0 Å². The minimum Gasteiger partial charge on any atom is -0.457 e. The topological polar surface area (TPSA) is 26.3 Å². The van der Waals surface area contributed by atoms with E-state index in [1.54, 1.807) is 12.1 Å². The van der Waals surface area contributed by atoms with Crippen molar-refractivity contribution in [2.24, 2.45) is 5.92 Å². The zero-order valence-electron chi connectivity index (χ0n) is 9.16. The van der Waals surface area contributed by atoms with Crippen LogP contribution in [0.25, 0.3) is 0 Å². The fourth-order valence-corrected chi connectivity index (χ4v) is 1.45. The molecule has 1 unspecified atom stereocenters. The predicted octanol–water partition coefficient (Wildman–Crippen LogP) is 3.09. The first-order valence-electron chi connectivity index (χ1n) is 4.93. The third kappa shape index (κ3) is 3.35. The summed E-state index contributed by atoms with van der Waals surface area (Å²) in [6, 6.07) is 6.14. The summed E-state index contributed by atoms with van der Waals surface area (Å²) >= 11 is 0. The first-order chi connectivity index (χ1) is 7.00. The fraction of sp³-hybridized carbons (Fsp3) is 0.417. The average Bonchev–Trinajstić information content (AvgIpc) is 2.13. The quantitative estimate of drug-likeness (QED) is 0.716. The molecule has 0 spiro atoms. The minimum absolute atomic E-state index is 0.121. The molecule has 82 valence electrons. The Hall–Kier alpha value is -1.38. The molecular weight excluding hydrogens is 195 g/mol. The molecule has 3 heteroatoms. The third-order valence-corrected chi connectivity index (χ3v) is 2.08. The van der Waals surface area contributed by atoms with E-state index in [4.69, 9.17) is 4.74 Å². The van der Waals surface area contributed by atoms with Crippen LogP contribution in [-0.2, 0) is 9.53 Å². The van der Waals surface area contributed by atoms with Crippen molar-refractivity contribution in [3.8, 4) is 0 Å². The SMILES string of the molecule is CC(=O)OC(c1cccc(F)c1)C(C)C. The fourth-order valence-electron chi connectivity index (χ4n) is 1.45. The van der Waals surface area contributed by atoms with Crippen molar-refractivity contribution in [2.45, 2.75) is 26.9 Å². The molecule has 1 rings (SSSR count). The van der Waals surface area contributed by atoms with Gasteiger partial charge < -0.3 is 4.74 Å². The molecule has 0 amide bonds. The van der Waals surface area contributed by atoms with E-state index in [-0.39, 0.29) is 23.8 Å². The van der Waals surface area contributed by atoms with Gasteiger partial charge in [-0.15, -0.1) is 0 Å². The number of halogens is 1. The zero-order valence-corrected chi connectivity index (χ0v) is 9.16. The number of esters is 1. The standard InChI is InChI=1S/C12H15FO2/c1-8(2)12(15-9(3)14)10-5-4-6-11(13)7-10/h4-8,12H,1-3H3. The predicted molar refractivity (Wildman–Crippen MR) is 55.7 cm³/mol. The lowest BCUT2D eigenvalue weighted by Crippen LogP contribution is -2.14. The molecule has 1 aromatic rings. The van der Waals surface area contributed by atoms with E-state index in [0.29, 0.717) is 5.56 Å². The number of ether oxygens (including phenoxy) is 1. The summed E-state index contributed by atoms with van der Waals surface area (Å²) in [4.78, 5) is 10.9. The molecule has 0 saturated heterocycles. The Bertz CT molecular complexity index is 347. The van der Waals surface area contributed by atoms with Crippen LogP contribution in [0.3, 0.4) is 0 Å². The van der Waals surface area contributed by atoms with Crippen LogP contribution in [-0.4, -0.2) is 5.97 Å². The molecule has 0 fully saturated rings. The maximum absolute atomic E-state index is 13.0. The lowest BCUT2D eigenvalue weighted by Gasteiger charge is -2.20. The van der Waals surface area contributed by atoms with E-state index in [2.05, 4.69) is 0 Å². The molecule has 15 heavy (non-hydrogen) atoms. The molecule has 0 N–H and O–H groups in total. The van der Waals surface area contributed by atoms with Crippen LogP contribution in [0.15, 0.2) is 24.3 Å². The van der Waals surface area contributed by atoms with Gasteiger partial charge in [0.15, 0.2) is 0 Å². The van der Waals surface area contributed by atoms with Crippen molar-refractivity contribution in [1.82, 2.24) is 0 Å². The first kappa shape index (κ1) is 11.7. The second-order valence-electron chi connectivity index (χ2n) is 3.83. The highest BCUT2D eigenvalue weighted by atomic mass is 19.1. The molecule has 1 aromatic carbocycles. The molecule has 1 atom stereocenters. The van der Waals surface area contributed by atoms with Gasteiger partial charge in [0.2, 0.25) is 0 Å². The first-order valence-corrected chi connectivity index (χ1v) is 4.93. The number of rotatable bonds is 3. The van der Waals surface area contributed by atoms with Crippen molar-refractivity contribution in [3.05, 3.63) is 35.6 Å². The van der Waals surface area contributed by atoms with Gasteiger partial charge in [-0.1, -0.05) is 26.0 Å². The Morgan fingerprint density at radius 1 is 1.40 bits per heavy atom. The minimum atomic E-state index is -0.377. The van der Waals surface area contributed by atoms with Gasteiger partial charge in [0.1, 0.15) is 11.9 Å². The number of carbonyl (C=O) groups excluding carboxylic acids is 1. The van der Waals surface area contributed by atoms with Gasteiger partial charge in [0, 0.05) is 6.92 Å². The van der Waals surface area contributed by atoms with Gasteiger partial charge in [-0.3, -0.25) is 4.79 Å². The molecule has 0 heterocycles. The van der Waals surface area contributed by atoms with Crippen molar-refractivity contribution in [3.63, 3.8) is 0 Å². The monoisotopic (exact) mass is 210 g/mol. The van der Waals surface area contributed by atoms with Crippen molar-refractivity contribution in [1.29, 1.82) is 0 Å². The van der Waals surface area contributed by atoms with Gasteiger partial charge in [-0.2, -0.15) is 0 Å². The van der Waals surface area contributed by atoms with Crippen LogP contribution in [0.1, 0.15) is 32.4 Å². The molecule has 0 aliphatic heterocycles. The summed E-state index contributed by atoms with van der Waals surface area (Å²) in [6.07, 6.45) is -0.377. The summed E-state index contributed by atoms with van der Waals surface area (Å²) in [6.45, 7) is 5.21. The van der Waals surface area contributed by atoms with E-state index in [9.17, 15) is 9.18 Å². The maximum Gasteiger partial charge on any atom is 0.303 e. The number of hydrogen-bond donors (Lipinski definition) is 0. The number of benzene rings is 1. The van der Waals surface area contributed by atoms with Crippen LogP contribution in [0.5, 0.6) is 0 Å². The molecule has 0 bridgehead atoms. The largest absolute Gasteiger partial charge is 0.457 e. The molecular formula is C12H15FO2. The summed E-state index contributed by atoms with van der Waals surface area (Å²) in [5.74, 6) is -0.543. The molecule has 0 saturated carbocycles. The van der Waals surface area contributed by atoms with Crippen molar-refractivity contribution >= 4 is 5.97 Å². The molecule has 0 radical (unpaired) electrons. The van der Waals surface area contributed by atoms with Crippen LogP contribution in [0.4, 0.5) is 4.39 Å². The van der Waals surface area contributed by atoms with Crippen molar-refractivity contribution in [2.75, 3.05) is 0 Å². The van der Waals surface area contributed by atoms with Crippen LogP contribution >= 0.6 is 0 Å². The molecule has 0 aromatic heterocycles. The lowest BCUT2D eigenvalue weighted by atomic mass is 9.99. The summed E-state index contributed by atoms with van der Waals surface area (Å²) < 4.78 is 18.1. The summed E-state index contributed by atoms with van der Waals surface area (Å²) in [7, 11) is 0. The summed E-state index contributed by atoms with van der Waals surface area (Å²) in [5, 5.41) is 0. The van der Waals surface area contributed by atoms with E-state index in [0.717, 1.165) is 0 Å². The highest BCUT2D eigenvalue weighted by molar-refractivity contribution is 5.66. The van der Waals surface area contributed by atoms with Crippen LogP contribution in [0.2, 0.25) is 0 Å². The van der Waals surface area contributed by atoms with Gasteiger partial charge in [0.25, 0.3) is 0 Å². The normalized spacial score (nSPS) is 12.6. The van der Waals surface area contributed by atoms with Gasteiger partial charge >= 0.3 is 5.97 Å². The number of carbonyl (C=O) groups is 1. The van der Waals surface area contributed by atoms with E-state index in [1.807, 2.05) is 13.8 Å². The maximum atomic E-state index is 13.0. The second kappa shape index (κ2) is 4.91. The third-order valence-electron chi connectivity index (χ3n) is 2.08. The second-order valence-corrected chi connectivity index (χ2v) is 3.83. The Labute approximate surface area is 89.1 Å². The lowest BCUT2D eigenvalue weighted by molar-refractivity contribution is -0.149. The number of hydrogen-bond acceptors (Lipinski definition) is 2. The Kier molecular flexibility index (Phi) is 3.83. The smallest absolute Gasteiger partial charge is 0.303 e. The molecule has 0 aliphatic rings. The van der Waals surface area contributed by atoms with Gasteiger partial charge in [0.05, 0.1) is 0 Å². The van der Waals surface area contributed by atoms with E-state index in [1.165, 1.54) is 19.1 Å². The van der Waals surface area contributed by atoms with Gasteiger partial charge in [-0.25, -0.2) is 4.39 Å². The Morgan fingerprint density at radius 3 is 2.53 bits per heavy atom. The van der Waals surface area contributed by atoms with Gasteiger partial charge in [-0.05, 0) is 23.6 Å². The van der Waals surface area contributed by atoms with Crippen molar-refractivity contribution < 1.29 is 13.9 Å². The highest BCUT2D eigenvalue weighted by Gasteiger charge is 2.19. The average molecular weight is 210 g/mol. The van der Waals surface area contributed by atoms with E-state index >= 15 is 0 Å². The zero-order chi connectivity index (χ0) is 11.4. The molecule has 0 aliphatic carbocycles. The summed E-state index contributed by atoms with van der Waals surface area (Å²) in [5.41, 5.74) is 0.695. The Balaban J connectivity index is 2.93. The van der Waals surface area contributed by atoms with E-state index < -0.39 is 0 Å². The Morgan fingerprint density at radius 2 is 2.07 bits per heavy atom. The molecule has 2 nitrogen and oxygen atoms in total.